The first-order chi connectivity index (χ1) is 11.0. The molecule has 6 heteroatoms. The van der Waals surface area contributed by atoms with Gasteiger partial charge >= 0.3 is 0 Å². The maximum absolute atomic E-state index is 6.15. The first-order valence-corrected chi connectivity index (χ1v) is 8.76. The van der Waals surface area contributed by atoms with Crippen LogP contribution in [0, 0.1) is 6.92 Å². The van der Waals surface area contributed by atoms with Crippen LogP contribution in [0.5, 0.6) is 0 Å². The molecule has 1 aromatic heterocycles. The van der Waals surface area contributed by atoms with E-state index in [1.165, 1.54) is 4.70 Å². The van der Waals surface area contributed by atoms with Gasteiger partial charge in [-0.1, -0.05) is 29.8 Å². The van der Waals surface area contributed by atoms with Gasteiger partial charge in [-0.05, 0) is 49.0 Å². The molecule has 3 rings (SSSR count). The summed E-state index contributed by atoms with van der Waals surface area (Å²) in [6.45, 7) is 2.64. The molecule has 0 saturated carbocycles. The number of thiocarbonyl (C=S) groups is 1. The van der Waals surface area contributed by atoms with E-state index >= 15 is 0 Å². The Hall–Kier alpha value is -1.69. The Morgan fingerprint density at radius 1 is 1.26 bits per heavy atom. The maximum Gasteiger partial charge on any atom is 0.173 e. The summed E-state index contributed by atoms with van der Waals surface area (Å²) < 4.78 is 1.19. The van der Waals surface area contributed by atoms with Crippen molar-refractivity contribution in [2.45, 2.75) is 13.5 Å². The smallest absolute Gasteiger partial charge is 0.173 e. The van der Waals surface area contributed by atoms with Gasteiger partial charge in [-0.15, -0.1) is 11.3 Å². The average molecular weight is 362 g/mol. The normalized spacial score (nSPS) is 10.7. The number of nitrogens with zero attached hydrogens (tertiary/aromatic N) is 2. The second-order valence-corrected chi connectivity index (χ2v) is 7.18. The molecule has 0 atom stereocenters. The highest BCUT2D eigenvalue weighted by Crippen LogP contribution is 2.24. The van der Waals surface area contributed by atoms with Crippen LogP contribution in [0.1, 0.15) is 10.6 Å². The SMILES string of the molecule is Cc1c(Cl)cccc1NC(=S)N(C)Cc1nc2ccccc2s1. The third-order valence-electron chi connectivity index (χ3n) is 3.57. The number of rotatable bonds is 3. The molecule has 1 heterocycles. The molecule has 0 spiro atoms. The molecule has 1 N–H and O–H groups in total. The summed E-state index contributed by atoms with van der Waals surface area (Å²) in [7, 11) is 1.96. The highest BCUT2D eigenvalue weighted by Gasteiger charge is 2.11. The molecule has 23 heavy (non-hydrogen) atoms. The van der Waals surface area contributed by atoms with Crippen molar-refractivity contribution in [1.29, 1.82) is 0 Å². The van der Waals surface area contributed by atoms with E-state index < -0.39 is 0 Å². The number of fused-ring (bicyclic) bond motifs is 1. The number of hydrogen-bond acceptors (Lipinski definition) is 3. The van der Waals surface area contributed by atoms with E-state index in [9.17, 15) is 0 Å². The van der Waals surface area contributed by atoms with E-state index in [1.54, 1.807) is 11.3 Å². The zero-order valence-corrected chi connectivity index (χ0v) is 15.2. The van der Waals surface area contributed by atoms with Gasteiger partial charge in [0, 0.05) is 17.8 Å². The number of anilines is 1. The molecule has 0 aliphatic rings. The molecule has 0 unspecified atom stereocenters. The van der Waals surface area contributed by atoms with Gasteiger partial charge < -0.3 is 10.2 Å². The van der Waals surface area contributed by atoms with Gasteiger partial charge in [0.15, 0.2) is 5.11 Å². The first kappa shape index (κ1) is 16.2. The molecule has 0 aliphatic carbocycles. The molecule has 0 aliphatic heterocycles. The lowest BCUT2D eigenvalue weighted by Crippen LogP contribution is -2.30. The molecule has 0 fully saturated rings. The van der Waals surface area contributed by atoms with E-state index in [1.807, 2.05) is 55.3 Å². The molecule has 2 aromatic carbocycles. The monoisotopic (exact) mass is 361 g/mol. The van der Waals surface area contributed by atoms with Gasteiger partial charge in [0.25, 0.3) is 0 Å². The Bertz CT molecular complexity index is 827. The summed E-state index contributed by atoms with van der Waals surface area (Å²) in [6, 6.07) is 13.9. The van der Waals surface area contributed by atoms with Crippen molar-refractivity contribution in [2.24, 2.45) is 0 Å². The molecule has 3 aromatic rings. The van der Waals surface area contributed by atoms with Gasteiger partial charge in [-0.25, -0.2) is 4.98 Å². The summed E-state index contributed by atoms with van der Waals surface area (Å²) in [5.41, 5.74) is 2.95. The highest BCUT2D eigenvalue weighted by molar-refractivity contribution is 7.80. The van der Waals surface area contributed by atoms with Crippen LogP contribution in [0.2, 0.25) is 5.02 Å². The first-order valence-electron chi connectivity index (χ1n) is 7.16. The summed E-state index contributed by atoms with van der Waals surface area (Å²) in [5.74, 6) is 0. The number of hydrogen-bond donors (Lipinski definition) is 1. The second-order valence-electron chi connectivity index (χ2n) is 5.27. The Kier molecular flexibility index (Phi) is 4.80. The predicted octanol–water partition coefficient (Wildman–Crippen LogP) is 5.09. The lowest BCUT2D eigenvalue weighted by molar-refractivity contribution is 0.507. The van der Waals surface area contributed by atoms with E-state index in [2.05, 4.69) is 16.4 Å². The molecule has 3 nitrogen and oxygen atoms in total. The third-order valence-corrected chi connectivity index (χ3v) is 5.41. The van der Waals surface area contributed by atoms with Crippen LogP contribution in [0.15, 0.2) is 42.5 Å². The molecule has 0 saturated heterocycles. The Morgan fingerprint density at radius 2 is 2.04 bits per heavy atom. The average Bonchev–Trinajstić information content (AvgIpc) is 2.93. The predicted molar refractivity (Wildman–Crippen MR) is 103 cm³/mol. The lowest BCUT2D eigenvalue weighted by atomic mass is 10.2. The number of nitrogens with one attached hydrogen (secondary N) is 1. The van der Waals surface area contributed by atoms with E-state index in [-0.39, 0.29) is 0 Å². The van der Waals surface area contributed by atoms with Crippen LogP contribution in [0.25, 0.3) is 10.2 Å². The molecular formula is C17H16ClN3S2. The molecule has 118 valence electrons. The van der Waals surface area contributed by atoms with Crippen LogP contribution in [-0.2, 0) is 6.54 Å². The Morgan fingerprint density at radius 3 is 2.83 bits per heavy atom. The third kappa shape index (κ3) is 3.63. The van der Waals surface area contributed by atoms with Gasteiger partial charge in [-0.2, -0.15) is 0 Å². The quantitative estimate of drug-likeness (QED) is 0.658. The summed E-state index contributed by atoms with van der Waals surface area (Å²) in [5, 5.41) is 5.67. The second kappa shape index (κ2) is 6.83. The number of benzene rings is 2. The number of halogens is 1. The van der Waals surface area contributed by atoms with Gasteiger partial charge in [0.2, 0.25) is 0 Å². The molecule has 0 bridgehead atoms. The van der Waals surface area contributed by atoms with Crippen LogP contribution < -0.4 is 5.32 Å². The van der Waals surface area contributed by atoms with Crippen molar-refractivity contribution in [2.75, 3.05) is 12.4 Å². The number of thiazole rings is 1. The van der Waals surface area contributed by atoms with Gasteiger partial charge in [0.1, 0.15) is 5.01 Å². The van der Waals surface area contributed by atoms with Crippen LogP contribution >= 0.6 is 35.2 Å². The van der Waals surface area contributed by atoms with Crippen molar-refractivity contribution in [3.05, 3.63) is 58.1 Å². The maximum atomic E-state index is 6.15. The van der Waals surface area contributed by atoms with Crippen molar-refractivity contribution < 1.29 is 0 Å². The fourth-order valence-corrected chi connectivity index (χ4v) is 3.59. The van der Waals surface area contributed by atoms with Gasteiger partial charge in [0.05, 0.1) is 16.8 Å². The number of aromatic nitrogens is 1. The van der Waals surface area contributed by atoms with Crippen molar-refractivity contribution >= 4 is 56.2 Å². The molecular weight excluding hydrogens is 346 g/mol. The standard InChI is InChI=1S/C17H16ClN3S2/c1-11-12(18)6-5-8-13(11)20-17(22)21(2)10-16-19-14-7-3-4-9-15(14)23-16/h3-9H,10H2,1-2H3,(H,20,22). The Balaban J connectivity index is 1.71. The van der Waals surface area contributed by atoms with E-state index in [0.29, 0.717) is 11.7 Å². The lowest BCUT2D eigenvalue weighted by Gasteiger charge is -2.21. The van der Waals surface area contributed by atoms with Crippen molar-refractivity contribution in [3.63, 3.8) is 0 Å². The minimum absolute atomic E-state index is 0.648. The summed E-state index contributed by atoms with van der Waals surface area (Å²) >= 11 is 13.3. The van der Waals surface area contributed by atoms with Crippen LogP contribution in [0.4, 0.5) is 5.69 Å². The minimum atomic E-state index is 0.648. The van der Waals surface area contributed by atoms with Gasteiger partial charge in [-0.3, -0.25) is 0 Å². The van der Waals surface area contributed by atoms with Crippen LogP contribution in [-0.4, -0.2) is 22.0 Å². The fourth-order valence-electron chi connectivity index (χ4n) is 2.22. The highest BCUT2D eigenvalue weighted by atomic mass is 35.5. The zero-order chi connectivity index (χ0) is 16.4. The van der Waals surface area contributed by atoms with E-state index in [4.69, 9.17) is 23.8 Å². The largest absolute Gasteiger partial charge is 0.345 e. The summed E-state index contributed by atoms with van der Waals surface area (Å²) in [4.78, 5) is 6.62. The van der Waals surface area contributed by atoms with Crippen molar-refractivity contribution in [1.82, 2.24) is 9.88 Å². The zero-order valence-electron chi connectivity index (χ0n) is 12.8. The van der Waals surface area contributed by atoms with Crippen molar-refractivity contribution in [3.8, 4) is 0 Å². The minimum Gasteiger partial charge on any atom is -0.345 e. The molecule has 0 amide bonds. The Labute approximate surface area is 149 Å². The number of para-hydroxylation sites is 1. The van der Waals surface area contributed by atoms with Crippen LogP contribution in [0.3, 0.4) is 0 Å². The van der Waals surface area contributed by atoms with E-state index in [0.717, 1.165) is 26.8 Å². The summed E-state index contributed by atoms with van der Waals surface area (Å²) in [6.07, 6.45) is 0. The topological polar surface area (TPSA) is 28.2 Å². The fraction of sp³-hybridized carbons (Fsp3) is 0.176. The molecule has 0 radical (unpaired) electrons.